The average Bonchev–Trinajstić information content (AvgIpc) is 2.39. The second-order valence-corrected chi connectivity index (χ2v) is 10.6. The predicted octanol–water partition coefficient (Wildman–Crippen LogP) is 1.85. The molecule has 0 unspecified atom stereocenters. The highest BCUT2D eigenvalue weighted by Crippen LogP contribution is 2.70. The van der Waals surface area contributed by atoms with Crippen molar-refractivity contribution >= 4 is 12.8 Å². The Balaban J connectivity index is 0.00000162. The van der Waals surface area contributed by atoms with Crippen LogP contribution >= 0.6 is 7.26 Å². The molecule has 0 aliphatic heterocycles. The Hall–Kier alpha value is 0.830. The van der Waals surface area contributed by atoms with E-state index in [4.69, 9.17) is 0 Å². The number of hydrogen-bond acceptors (Lipinski definition) is 1. The second kappa shape index (κ2) is 7.57. The summed E-state index contributed by atoms with van der Waals surface area (Å²) in [5.41, 5.74) is 2.16. The maximum Gasteiger partial charge on any atom is 0.265 e. The van der Waals surface area contributed by atoms with E-state index >= 15 is 0 Å². The van der Waals surface area contributed by atoms with Crippen LogP contribution in [-0.2, 0) is 4.79 Å². The quantitative estimate of drug-likeness (QED) is 0.538. The van der Waals surface area contributed by atoms with E-state index in [-0.39, 0.29) is 24.0 Å². The van der Waals surface area contributed by atoms with Crippen LogP contribution in [0.25, 0.3) is 0 Å². The van der Waals surface area contributed by atoms with E-state index in [0.717, 1.165) is 11.3 Å². The van der Waals surface area contributed by atoms with Gasteiger partial charge >= 0.3 is 0 Å². The summed E-state index contributed by atoms with van der Waals surface area (Å²) in [4.78, 5) is 12.3. The summed E-state index contributed by atoms with van der Waals surface area (Å²) in [6.45, 7) is 4.30. The molecule has 0 heterocycles. The number of carbonyl (C=O) groups excluding carboxylic acids is 1. The maximum atomic E-state index is 12.3. The standard InChI is InChI=1S/C15H28OP.HI/c1-13(16)17(2,14-9-5-3-6-10-14)15-11-7-4-8-12-15;/h14-15H,3-12H2,1-2H3;1H/q+1;/p-1. The van der Waals surface area contributed by atoms with Gasteiger partial charge in [0.25, 0.3) is 5.52 Å². The lowest BCUT2D eigenvalue weighted by Crippen LogP contribution is -3.00. The Morgan fingerprint density at radius 3 is 1.44 bits per heavy atom. The number of rotatable bonds is 3. The maximum absolute atomic E-state index is 12.3. The number of halogens is 1. The zero-order valence-electron chi connectivity index (χ0n) is 12.0. The van der Waals surface area contributed by atoms with Gasteiger partial charge in [-0.25, -0.2) is 0 Å². The summed E-state index contributed by atoms with van der Waals surface area (Å²) >= 11 is 0. The molecule has 2 aliphatic rings. The fourth-order valence-electron chi connectivity index (χ4n) is 4.05. The number of hydrogen-bond donors (Lipinski definition) is 0. The SMILES string of the molecule is CC(=O)[P+](C)(C1CCCCC1)C1CCCCC1.[I-]. The van der Waals surface area contributed by atoms with Gasteiger partial charge in [0.1, 0.15) is 0 Å². The topological polar surface area (TPSA) is 17.1 Å². The molecule has 0 saturated heterocycles. The summed E-state index contributed by atoms with van der Waals surface area (Å²) in [6, 6.07) is 0. The summed E-state index contributed by atoms with van der Waals surface area (Å²) < 4.78 is 0. The van der Waals surface area contributed by atoms with Crippen LogP contribution in [-0.4, -0.2) is 23.5 Å². The van der Waals surface area contributed by atoms with Gasteiger partial charge in [0.05, 0.1) is 25.2 Å². The fourth-order valence-corrected chi connectivity index (χ4v) is 8.55. The molecule has 0 aromatic heterocycles. The molecule has 0 N–H and O–H groups in total. The van der Waals surface area contributed by atoms with E-state index in [1.807, 2.05) is 6.92 Å². The van der Waals surface area contributed by atoms with Gasteiger partial charge in [-0.1, -0.05) is 12.8 Å². The minimum absolute atomic E-state index is 0. The lowest BCUT2D eigenvalue weighted by Gasteiger charge is -2.38. The predicted molar refractivity (Wildman–Crippen MR) is 77.3 cm³/mol. The molecule has 2 rings (SSSR count). The molecule has 0 bridgehead atoms. The molecule has 2 saturated carbocycles. The number of carbonyl (C=O) groups is 1. The molecular formula is C15H28IOP. The summed E-state index contributed by atoms with van der Waals surface area (Å²) in [7, 11) is -1.33. The zero-order chi connectivity index (χ0) is 12.3. The van der Waals surface area contributed by atoms with Crippen molar-refractivity contribution in [2.75, 3.05) is 6.66 Å². The van der Waals surface area contributed by atoms with Crippen LogP contribution in [0.1, 0.15) is 71.1 Å². The molecule has 0 aromatic rings. The lowest BCUT2D eigenvalue weighted by atomic mass is 9.99. The first kappa shape index (κ1) is 16.9. The van der Waals surface area contributed by atoms with Gasteiger partial charge in [0.15, 0.2) is 0 Å². The normalized spacial score (nSPS) is 23.4. The monoisotopic (exact) mass is 382 g/mol. The first-order valence-corrected chi connectivity index (χ1v) is 9.90. The van der Waals surface area contributed by atoms with Crippen molar-refractivity contribution in [3.05, 3.63) is 0 Å². The molecule has 2 aliphatic carbocycles. The molecule has 0 radical (unpaired) electrons. The van der Waals surface area contributed by atoms with Crippen LogP contribution in [0.3, 0.4) is 0 Å². The third-order valence-electron chi connectivity index (χ3n) is 5.34. The van der Waals surface area contributed by atoms with Crippen LogP contribution in [0.15, 0.2) is 0 Å². The largest absolute Gasteiger partial charge is 1.00 e. The van der Waals surface area contributed by atoms with E-state index in [2.05, 4.69) is 6.66 Å². The highest BCUT2D eigenvalue weighted by molar-refractivity contribution is 7.91. The summed E-state index contributed by atoms with van der Waals surface area (Å²) in [5.74, 6) is 0. The molecule has 106 valence electrons. The third kappa shape index (κ3) is 3.48. The molecule has 18 heavy (non-hydrogen) atoms. The van der Waals surface area contributed by atoms with Gasteiger partial charge < -0.3 is 24.0 Å². The smallest absolute Gasteiger partial charge is 0.265 e. The Bertz CT molecular complexity index is 250. The van der Waals surface area contributed by atoms with Gasteiger partial charge in [-0.3, -0.25) is 4.79 Å². The molecule has 2 fully saturated rings. The van der Waals surface area contributed by atoms with Crippen molar-refractivity contribution in [2.24, 2.45) is 0 Å². The lowest BCUT2D eigenvalue weighted by molar-refractivity contribution is -0.110. The Morgan fingerprint density at radius 1 is 0.833 bits per heavy atom. The van der Waals surface area contributed by atoms with Crippen LogP contribution < -0.4 is 24.0 Å². The van der Waals surface area contributed by atoms with Crippen LogP contribution in [0, 0.1) is 0 Å². The van der Waals surface area contributed by atoms with Gasteiger partial charge in [-0.2, -0.15) is 0 Å². The van der Waals surface area contributed by atoms with E-state index in [1.165, 1.54) is 64.2 Å². The van der Waals surface area contributed by atoms with Crippen molar-refractivity contribution in [3.8, 4) is 0 Å². The fraction of sp³-hybridized carbons (Fsp3) is 0.933. The Morgan fingerprint density at radius 2 is 1.17 bits per heavy atom. The molecular weight excluding hydrogens is 354 g/mol. The Kier molecular flexibility index (Phi) is 7.10. The third-order valence-corrected chi connectivity index (χ3v) is 10.8. The van der Waals surface area contributed by atoms with Crippen molar-refractivity contribution in [1.82, 2.24) is 0 Å². The van der Waals surface area contributed by atoms with E-state index in [1.54, 1.807) is 0 Å². The zero-order valence-corrected chi connectivity index (χ0v) is 15.0. The van der Waals surface area contributed by atoms with E-state index in [9.17, 15) is 4.79 Å². The molecule has 1 nitrogen and oxygen atoms in total. The van der Waals surface area contributed by atoms with Crippen molar-refractivity contribution in [2.45, 2.75) is 82.4 Å². The molecule has 0 amide bonds. The van der Waals surface area contributed by atoms with Gasteiger partial charge in [0, 0.05) is 6.92 Å². The summed E-state index contributed by atoms with van der Waals surface area (Å²) in [6.07, 6.45) is 13.7. The van der Waals surface area contributed by atoms with E-state index < -0.39 is 7.26 Å². The minimum Gasteiger partial charge on any atom is -1.00 e. The van der Waals surface area contributed by atoms with Crippen molar-refractivity contribution in [1.29, 1.82) is 0 Å². The van der Waals surface area contributed by atoms with Crippen molar-refractivity contribution in [3.63, 3.8) is 0 Å². The highest BCUT2D eigenvalue weighted by atomic mass is 127. The summed E-state index contributed by atoms with van der Waals surface area (Å²) in [5, 5.41) is 0. The molecule has 0 aromatic carbocycles. The first-order valence-electron chi connectivity index (χ1n) is 7.52. The van der Waals surface area contributed by atoms with Crippen molar-refractivity contribution < 1.29 is 28.8 Å². The van der Waals surface area contributed by atoms with E-state index in [0.29, 0.717) is 5.52 Å². The van der Waals surface area contributed by atoms with Crippen LogP contribution in [0.5, 0.6) is 0 Å². The minimum atomic E-state index is -1.33. The van der Waals surface area contributed by atoms with Gasteiger partial charge in [-0.05, 0) is 51.4 Å². The molecule has 3 heteroatoms. The van der Waals surface area contributed by atoms with Gasteiger partial charge in [-0.15, -0.1) is 0 Å². The Labute approximate surface area is 130 Å². The second-order valence-electron chi connectivity index (χ2n) is 6.25. The average molecular weight is 382 g/mol. The highest BCUT2D eigenvalue weighted by Gasteiger charge is 2.52. The first-order chi connectivity index (χ1) is 8.15. The van der Waals surface area contributed by atoms with Gasteiger partial charge in [0.2, 0.25) is 0 Å². The molecule has 0 atom stereocenters. The van der Waals surface area contributed by atoms with Crippen LogP contribution in [0.2, 0.25) is 0 Å². The molecule has 0 spiro atoms. The van der Waals surface area contributed by atoms with Crippen LogP contribution in [0.4, 0.5) is 0 Å².